The highest BCUT2D eigenvalue weighted by Crippen LogP contribution is 2.24. The van der Waals surface area contributed by atoms with Gasteiger partial charge in [0, 0.05) is 33.2 Å². The molecule has 0 unspecified atom stereocenters. The van der Waals surface area contributed by atoms with Crippen LogP contribution < -0.4 is 4.90 Å². The molecule has 29 heavy (non-hydrogen) atoms. The Morgan fingerprint density at radius 2 is 1.83 bits per heavy atom. The van der Waals surface area contributed by atoms with Crippen molar-refractivity contribution in [1.29, 1.82) is 0 Å². The minimum absolute atomic E-state index is 0.0379. The summed E-state index contributed by atoms with van der Waals surface area (Å²) < 4.78 is 5.42. The van der Waals surface area contributed by atoms with E-state index in [0.29, 0.717) is 29.2 Å². The maximum atomic E-state index is 13.2. The van der Waals surface area contributed by atoms with Gasteiger partial charge in [0.15, 0.2) is 0 Å². The van der Waals surface area contributed by atoms with Gasteiger partial charge in [-0.15, -0.1) is 11.3 Å². The summed E-state index contributed by atoms with van der Waals surface area (Å²) in [6, 6.07) is 14.8. The van der Waals surface area contributed by atoms with Crippen molar-refractivity contribution in [3.63, 3.8) is 0 Å². The van der Waals surface area contributed by atoms with E-state index in [1.807, 2.05) is 46.7 Å². The van der Waals surface area contributed by atoms with Crippen LogP contribution in [0.1, 0.15) is 25.8 Å². The Bertz CT molecular complexity index is 961. The van der Waals surface area contributed by atoms with E-state index < -0.39 is 0 Å². The van der Waals surface area contributed by atoms with E-state index >= 15 is 0 Å². The Labute approximate surface area is 173 Å². The Hall–Kier alpha value is -2.90. The van der Waals surface area contributed by atoms with E-state index in [9.17, 15) is 9.59 Å². The molecule has 1 fully saturated rings. The molecule has 3 aromatic rings. The predicted molar refractivity (Wildman–Crippen MR) is 113 cm³/mol. The summed E-state index contributed by atoms with van der Waals surface area (Å²) in [7, 11) is 1.72. The standard InChI is InChI=1S/C22H23N3O3S/c1-23(22(27)20-9-5-15-29-20)19-8-3-2-7-18(19)21(26)25-12-10-24(11-13-25)16-17-6-4-14-28-17/h2-9,14-15H,10-13,16H2,1H3. The molecule has 1 aliphatic rings. The van der Waals surface area contributed by atoms with Gasteiger partial charge < -0.3 is 14.2 Å². The summed E-state index contributed by atoms with van der Waals surface area (Å²) in [6.07, 6.45) is 1.68. The summed E-state index contributed by atoms with van der Waals surface area (Å²) in [5, 5.41) is 1.88. The van der Waals surface area contributed by atoms with Gasteiger partial charge >= 0.3 is 0 Å². The fourth-order valence-corrected chi connectivity index (χ4v) is 4.22. The molecule has 0 atom stereocenters. The molecule has 1 aromatic carbocycles. The highest BCUT2D eigenvalue weighted by molar-refractivity contribution is 7.12. The number of nitrogens with zero attached hydrogens (tertiary/aromatic N) is 3. The van der Waals surface area contributed by atoms with Crippen LogP contribution in [0.3, 0.4) is 0 Å². The third-order valence-electron chi connectivity index (χ3n) is 5.15. The van der Waals surface area contributed by atoms with Gasteiger partial charge in [-0.25, -0.2) is 0 Å². The summed E-state index contributed by atoms with van der Waals surface area (Å²) >= 11 is 1.40. The molecule has 150 valence electrons. The Kier molecular flexibility index (Phi) is 5.78. The second-order valence-corrected chi connectivity index (χ2v) is 7.95. The average molecular weight is 410 g/mol. The SMILES string of the molecule is CN(C(=O)c1cccs1)c1ccccc1C(=O)N1CCN(Cc2ccco2)CC1. The quantitative estimate of drug-likeness (QED) is 0.646. The molecule has 1 aliphatic heterocycles. The van der Waals surface area contributed by atoms with Gasteiger partial charge in [-0.1, -0.05) is 18.2 Å². The fourth-order valence-electron chi connectivity index (χ4n) is 3.52. The number of hydrogen-bond donors (Lipinski definition) is 0. The molecule has 1 saturated heterocycles. The van der Waals surface area contributed by atoms with Gasteiger partial charge in [-0.2, -0.15) is 0 Å². The number of amides is 2. The maximum absolute atomic E-state index is 13.2. The Morgan fingerprint density at radius 1 is 1.03 bits per heavy atom. The molecule has 2 amide bonds. The van der Waals surface area contributed by atoms with Gasteiger partial charge in [0.05, 0.1) is 28.9 Å². The molecule has 6 nitrogen and oxygen atoms in total. The average Bonchev–Trinajstić information content (AvgIpc) is 3.47. The van der Waals surface area contributed by atoms with Crippen LogP contribution in [0.25, 0.3) is 0 Å². The fraction of sp³-hybridized carbons (Fsp3) is 0.273. The molecule has 0 radical (unpaired) electrons. The van der Waals surface area contributed by atoms with E-state index in [1.165, 1.54) is 11.3 Å². The molecule has 0 saturated carbocycles. The van der Waals surface area contributed by atoms with Crippen LogP contribution in [-0.4, -0.2) is 54.8 Å². The molecule has 0 aliphatic carbocycles. The molecule has 2 aromatic heterocycles. The number of hydrogen-bond acceptors (Lipinski definition) is 5. The van der Waals surface area contributed by atoms with Crippen LogP contribution >= 0.6 is 11.3 Å². The number of thiophene rings is 1. The number of benzene rings is 1. The molecular formula is C22H23N3O3S. The van der Waals surface area contributed by atoms with Crippen LogP contribution in [0.5, 0.6) is 0 Å². The topological polar surface area (TPSA) is 57.0 Å². The lowest BCUT2D eigenvalue weighted by molar-refractivity contribution is 0.0621. The molecule has 3 heterocycles. The molecule has 4 rings (SSSR count). The van der Waals surface area contributed by atoms with Gasteiger partial charge in [-0.05, 0) is 35.7 Å². The first-order chi connectivity index (χ1) is 14.1. The van der Waals surface area contributed by atoms with Crippen LogP contribution in [0.4, 0.5) is 5.69 Å². The van der Waals surface area contributed by atoms with Crippen molar-refractivity contribution < 1.29 is 14.0 Å². The number of anilines is 1. The van der Waals surface area contributed by atoms with Gasteiger partial charge in [0.25, 0.3) is 11.8 Å². The van der Waals surface area contributed by atoms with Gasteiger partial charge in [0.2, 0.25) is 0 Å². The van der Waals surface area contributed by atoms with Crippen LogP contribution in [0.2, 0.25) is 0 Å². The lowest BCUT2D eigenvalue weighted by atomic mass is 10.1. The highest BCUT2D eigenvalue weighted by Gasteiger charge is 2.26. The Balaban J connectivity index is 1.45. The first-order valence-electron chi connectivity index (χ1n) is 9.58. The minimum Gasteiger partial charge on any atom is -0.468 e. The monoisotopic (exact) mass is 409 g/mol. The Morgan fingerprint density at radius 3 is 2.52 bits per heavy atom. The lowest BCUT2D eigenvalue weighted by Gasteiger charge is -2.35. The number of para-hydroxylation sites is 1. The zero-order chi connectivity index (χ0) is 20.2. The van der Waals surface area contributed by atoms with E-state index in [0.717, 1.165) is 25.4 Å². The number of piperazine rings is 1. The number of carbonyl (C=O) groups is 2. The molecule has 0 bridgehead atoms. The first kappa shape index (κ1) is 19.4. The zero-order valence-electron chi connectivity index (χ0n) is 16.3. The molecule has 0 spiro atoms. The first-order valence-corrected chi connectivity index (χ1v) is 10.5. The summed E-state index contributed by atoms with van der Waals surface area (Å²) in [6.45, 7) is 3.63. The normalized spacial score (nSPS) is 14.7. The number of rotatable bonds is 5. The smallest absolute Gasteiger partial charge is 0.268 e. The van der Waals surface area contributed by atoms with E-state index in [4.69, 9.17) is 4.42 Å². The lowest BCUT2D eigenvalue weighted by Crippen LogP contribution is -2.48. The number of furan rings is 1. The van der Waals surface area contributed by atoms with Crippen molar-refractivity contribution in [2.24, 2.45) is 0 Å². The largest absolute Gasteiger partial charge is 0.468 e. The van der Waals surface area contributed by atoms with Crippen molar-refractivity contribution >= 4 is 28.8 Å². The number of carbonyl (C=O) groups excluding carboxylic acids is 2. The molecular weight excluding hydrogens is 386 g/mol. The van der Waals surface area contributed by atoms with Gasteiger partial charge in [-0.3, -0.25) is 14.5 Å². The third kappa shape index (κ3) is 4.26. The van der Waals surface area contributed by atoms with E-state index in [2.05, 4.69) is 4.90 Å². The van der Waals surface area contributed by atoms with E-state index in [-0.39, 0.29) is 11.8 Å². The predicted octanol–water partition coefficient (Wildman–Crippen LogP) is 3.58. The summed E-state index contributed by atoms with van der Waals surface area (Å²) in [5.41, 5.74) is 1.19. The second kappa shape index (κ2) is 8.63. The van der Waals surface area contributed by atoms with Crippen molar-refractivity contribution in [2.45, 2.75) is 6.54 Å². The highest BCUT2D eigenvalue weighted by atomic mass is 32.1. The van der Waals surface area contributed by atoms with Crippen molar-refractivity contribution in [2.75, 3.05) is 38.1 Å². The summed E-state index contributed by atoms with van der Waals surface area (Å²) in [4.78, 5) is 32.3. The molecule has 0 N–H and O–H groups in total. The minimum atomic E-state index is -0.108. The maximum Gasteiger partial charge on any atom is 0.268 e. The zero-order valence-corrected chi connectivity index (χ0v) is 17.1. The van der Waals surface area contributed by atoms with Crippen molar-refractivity contribution in [3.05, 3.63) is 76.4 Å². The van der Waals surface area contributed by atoms with Crippen LogP contribution in [-0.2, 0) is 6.54 Å². The van der Waals surface area contributed by atoms with E-state index in [1.54, 1.807) is 30.3 Å². The second-order valence-electron chi connectivity index (χ2n) is 7.01. The van der Waals surface area contributed by atoms with Crippen molar-refractivity contribution in [1.82, 2.24) is 9.80 Å². The molecule has 7 heteroatoms. The van der Waals surface area contributed by atoms with Gasteiger partial charge in [0.1, 0.15) is 5.76 Å². The summed E-state index contributed by atoms with van der Waals surface area (Å²) in [5.74, 6) is 0.788. The van der Waals surface area contributed by atoms with Crippen LogP contribution in [0, 0.1) is 0 Å². The van der Waals surface area contributed by atoms with Crippen LogP contribution in [0.15, 0.2) is 64.6 Å². The van der Waals surface area contributed by atoms with Crippen molar-refractivity contribution in [3.8, 4) is 0 Å². The third-order valence-corrected chi connectivity index (χ3v) is 6.01.